The van der Waals surface area contributed by atoms with Crippen molar-refractivity contribution >= 4 is 34.4 Å². The highest BCUT2D eigenvalue weighted by molar-refractivity contribution is 6.10. The lowest BCUT2D eigenvalue weighted by atomic mass is 10.1. The van der Waals surface area contributed by atoms with Crippen LogP contribution < -0.4 is 33.5 Å². The van der Waals surface area contributed by atoms with Gasteiger partial charge in [-0.25, -0.2) is 19.4 Å². The number of carbonyl (C=O) groups is 1. The summed E-state index contributed by atoms with van der Waals surface area (Å²) in [5.74, 6) is 4.38. The van der Waals surface area contributed by atoms with Gasteiger partial charge in [-0.05, 0) is 74.7 Å². The number of anilines is 2. The molecule has 1 fully saturated rings. The van der Waals surface area contributed by atoms with Crippen molar-refractivity contribution in [3.05, 3.63) is 134 Å². The minimum atomic E-state index is -0.668. The van der Waals surface area contributed by atoms with E-state index in [0.29, 0.717) is 24.0 Å². The van der Waals surface area contributed by atoms with Crippen molar-refractivity contribution in [2.24, 2.45) is 16.6 Å². The fourth-order valence-corrected chi connectivity index (χ4v) is 5.30. The maximum absolute atomic E-state index is 14.9. The summed E-state index contributed by atoms with van der Waals surface area (Å²) in [6, 6.07) is 16.1. The molecule has 14 heteroatoms. The molecule has 1 aromatic heterocycles. The van der Waals surface area contributed by atoms with Crippen molar-refractivity contribution in [1.29, 1.82) is 0 Å². The number of aliphatic hydroxyl groups is 1. The number of allylic oxidation sites excluding steroid dienone is 1. The van der Waals surface area contributed by atoms with E-state index in [1.165, 1.54) is 61.1 Å². The Morgan fingerprint density at radius 2 is 1.82 bits per heavy atom. The van der Waals surface area contributed by atoms with Gasteiger partial charge in [0, 0.05) is 36.1 Å². The van der Waals surface area contributed by atoms with Crippen molar-refractivity contribution in [3.8, 4) is 5.69 Å². The van der Waals surface area contributed by atoms with Crippen LogP contribution in [0.15, 0.2) is 93.8 Å². The lowest BCUT2D eigenvalue weighted by molar-refractivity contribution is -0.116. The molecule has 0 spiro atoms. The summed E-state index contributed by atoms with van der Waals surface area (Å²) in [5.41, 5.74) is 6.63. The predicted molar refractivity (Wildman–Crippen MR) is 186 cm³/mol. The molecule has 0 radical (unpaired) electrons. The molecule has 49 heavy (non-hydrogen) atoms. The van der Waals surface area contributed by atoms with Crippen LogP contribution >= 0.6 is 0 Å². The van der Waals surface area contributed by atoms with Crippen molar-refractivity contribution in [1.82, 2.24) is 14.1 Å². The molecule has 0 bridgehead atoms. The molecule has 0 aliphatic heterocycles. The van der Waals surface area contributed by atoms with E-state index in [4.69, 9.17) is 11.6 Å². The lowest BCUT2D eigenvalue weighted by Crippen LogP contribution is -2.44. The Morgan fingerprint density at radius 1 is 1.08 bits per heavy atom. The molecular weight excluding hydrogens is 634 g/mol. The highest BCUT2D eigenvalue weighted by atomic mass is 19.1. The number of aliphatic hydroxyl groups excluding tert-OH is 1. The standard InChI is InChI=1S/C35H36F2N8O4/c1-20-10-13-29(27(37)14-20)42-33(40-3)31-32(21(2)19-46)44(35(49)45(34(31)48)25-11-12-25)26-9-5-8-24(16-26)41-30(47)18-43(39)17-28(38)22-6-4-7-23(36)15-22/h4-10,13-17,19,25,46H,11-12,18,38-39H2,1-3H3,(H,40,42)(H,41,47)/b21-19?,28-17-. The van der Waals surface area contributed by atoms with E-state index in [-0.39, 0.29) is 58.0 Å². The number of aryl methyl sites for hydroxylation is 1. The van der Waals surface area contributed by atoms with Crippen LogP contribution in [-0.2, 0) is 4.79 Å². The topological polar surface area (TPSA) is 173 Å². The molecule has 1 amide bonds. The van der Waals surface area contributed by atoms with Crippen molar-refractivity contribution in [2.45, 2.75) is 32.7 Å². The van der Waals surface area contributed by atoms with Crippen LogP contribution in [0.5, 0.6) is 0 Å². The molecule has 3 aromatic carbocycles. The van der Waals surface area contributed by atoms with Gasteiger partial charge >= 0.3 is 5.69 Å². The van der Waals surface area contributed by atoms with E-state index in [1.807, 2.05) is 0 Å². The Kier molecular flexibility index (Phi) is 10.1. The largest absolute Gasteiger partial charge is 0.515 e. The number of nitrogens with one attached hydrogen (secondary N) is 2. The summed E-state index contributed by atoms with van der Waals surface area (Å²) in [7, 11) is 1.42. The maximum atomic E-state index is 14.9. The van der Waals surface area contributed by atoms with E-state index in [1.54, 1.807) is 37.3 Å². The number of hydrazine groups is 1. The molecule has 1 aliphatic rings. The zero-order valence-corrected chi connectivity index (χ0v) is 27.1. The van der Waals surface area contributed by atoms with Gasteiger partial charge in [0.1, 0.15) is 29.6 Å². The number of carbonyl (C=O) groups excluding carboxylic acids is 1. The Bertz CT molecular complexity index is 2130. The first-order chi connectivity index (χ1) is 23.4. The van der Waals surface area contributed by atoms with E-state index in [2.05, 4.69) is 15.6 Å². The van der Waals surface area contributed by atoms with Crippen molar-refractivity contribution in [2.75, 3.05) is 24.2 Å². The summed E-state index contributed by atoms with van der Waals surface area (Å²) in [4.78, 5) is 45.4. The number of halogens is 2. The monoisotopic (exact) mass is 670 g/mol. The molecule has 7 N–H and O–H groups in total. The first-order valence-electron chi connectivity index (χ1n) is 15.3. The lowest BCUT2D eigenvalue weighted by Gasteiger charge is -2.22. The van der Waals surface area contributed by atoms with E-state index < -0.39 is 28.8 Å². The molecule has 0 saturated heterocycles. The highest BCUT2D eigenvalue weighted by Gasteiger charge is 2.33. The fraction of sp³-hybridized carbons (Fsp3) is 0.200. The number of hydrogen-bond acceptors (Lipinski definition) is 8. The van der Waals surface area contributed by atoms with E-state index >= 15 is 0 Å². The zero-order valence-electron chi connectivity index (χ0n) is 27.1. The Hall–Kier alpha value is -6.02. The molecular formula is C35H36F2N8O4. The number of benzene rings is 3. The number of aliphatic imine (C=N–C) groups is 1. The molecule has 1 saturated carbocycles. The highest BCUT2D eigenvalue weighted by Crippen LogP contribution is 2.33. The Balaban J connectivity index is 1.54. The molecule has 0 atom stereocenters. The quantitative estimate of drug-likeness (QED) is 0.0543. The van der Waals surface area contributed by atoms with Crippen LogP contribution in [0.1, 0.15) is 48.2 Å². The van der Waals surface area contributed by atoms with Gasteiger partial charge in [0.25, 0.3) is 5.56 Å². The first kappa shape index (κ1) is 34.3. The number of rotatable bonds is 10. The Morgan fingerprint density at radius 3 is 2.47 bits per heavy atom. The van der Waals surface area contributed by atoms with Gasteiger partial charge in [-0.15, -0.1) is 0 Å². The third-order valence-electron chi connectivity index (χ3n) is 7.78. The van der Waals surface area contributed by atoms with E-state index in [0.717, 1.165) is 15.8 Å². The van der Waals surface area contributed by atoms with E-state index in [9.17, 15) is 28.3 Å². The summed E-state index contributed by atoms with van der Waals surface area (Å²) < 4.78 is 30.9. The van der Waals surface area contributed by atoms with Crippen molar-refractivity contribution < 1.29 is 18.7 Å². The minimum absolute atomic E-state index is 0.0181. The van der Waals surface area contributed by atoms with Crippen LogP contribution in [0, 0.1) is 18.6 Å². The van der Waals surface area contributed by atoms with Gasteiger partial charge in [0.2, 0.25) is 5.91 Å². The summed E-state index contributed by atoms with van der Waals surface area (Å²) >= 11 is 0. The van der Waals surface area contributed by atoms with Gasteiger partial charge in [-0.2, -0.15) is 0 Å². The van der Waals surface area contributed by atoms with Crippen LogP contribution in [0.4, 0.5) is 20.2 Å². The van der Waals surface area contributed by atoms with Crippen LogP contribution in [-0.4, -0.2) is 44.6 Å². The number of aromatic nitrogens is 2. The zero-order chi connectivity index (χ0) is 35.4. The van der Waals surface area contributed by atoms with Gasteiger partial charge in [0.05, 0.1) is 29.0 Å². The van der Waals surface area contributed by atoms with Gasteiger partial charge < -0.3 is 26.5 Å². The number of hydrogen-bond donors (Lipinski definition) is 5. The second-order valence-corrected chi connectivity index (χ2v) is 11.6. The fourth-order valence-electron chi connectivity index (χ4n) is 5.30. The molecule has 1 heterocycles. The molecule has 5 rings (SSSR count). The first-order valence-corrected chi connectivity index (χ1v) is 15.3. The van der Waals surface area contributed by atoms with Crippen LogP contribution in [0.3, 0.4) is 0 Å². The second-order valence-electron chi connectivity index (χ2n) is 11.6. The smallest absolute Gasteiger partial charge is 0.336 e. The van der Waals surface area contributed by atoms with Crippen LogP contribution in [0.25, 0.3) is 17.0 Å². The average molecular weight is 671 g/mol. The van der Waals surface area contributed by atoms with Gasteiger partial charge in [0.15, 0.2) is 0 Å². The average Bonchev–Trinajstić information content (AvgIpc) is 3.89. The number of amides is 1. The molecule has 12 nitrogen and oxygen atoms in total. The SMILES string of the molecule is CN=C(Nc1ccc(C)cc1F)c1c(C(C)=CO)n(-c2cccc(NC(=O)CN(N)/C=C(\N)c3cccc(F)c3)c2)c(=O)n(C2CC2)c1=O. The third kappa shape index (κ3) is 7.60. The predicted octanol–water partition coefficient (Wildman–Crippen LogP) is 4.40. The summed E-state index contributed by atoms with van der Waals surface area (Å²) in [6.07, 6.45) is 3.27. The second kappa shape index (κ2) is 14.4. The van der Waals surface area contributed by atoms with Crippen LogP contribution in [0.2, 0.25) is 0 Å². The maximum Gasteiger partial charge on any atom is 0.336 e. The number of nitrogens with zero attached hydrogens (tertiary/aromatic N) is 4. The normalized spacial score (nSPS) is 13.7. The van der Waals surface area contributed by atoms with Crippen molar-refractivity contribution in [3.63, 3.8) is 0 Å². The Labute approximate surface area is 280 Å². The minimum Gasteiger partial charge on any atom is -0.515 e. The molecule has 1 aliphatic carbocycles. The summed E-state index contributed by atoms with van der Waals surface area (Å²) in [5, 5.41) is 16.8. The molecule has 4 aromatic rings. The molecule has 254 valence electrons. The molecule has 0 unspecified atom stereocenters. The summed E-state index contributed by atoms with van der Waals surface area (Å²) in [6.45, 7) is 2.93. The third-order valence-corrected chi connectivity index (χ3v) is 7.78. The number of amidine groups is 1. The number of nitrogens with two attached hydrogens (primary N) is 2. The van der Waals surface area contributed by atoms with Gasteiger partial charge in [-0.1, -0.05) is 24.3 Å². The van der Waals surface area contributed by atoms with Gasteiger partial charge in [-0.3, -0.25) is 23.7 Å².